The summed E-state index contributed by atoms with van der Waals surface area (Å²) in [7, 11) is 0. The highest BCUT2D eigenvalue weighted by molar-refractivity contribution is 6.40. The van der Waals surface area contributed by atoms with Crippen LogP contribution in [0.5, 0.6) is 0 Å². The average molecular weight is 297 g/mol. The lowest BCUT2D eigenvalue weighted by molar-refractivity contribution is -0.123. The zero-order chi connectivity index (χ0) is 15.9. The second-order valence-electron chi connectivity index (χ2n) is 4.88. The summed E-state index contributed by atoms with van der Waals surface area (Å²) in [5, 5.41) is 5.56. The second kappa shape index (κ2) is 7.36. The number of hydrazone groups is 1. The first-order valence-corrected chi connectivity index (χ1v) is 7.14. The second-order valence-corrected chi connectivity index (χ2v) is 4.88. The lowest BCUT2D eigenvalue weighted by Crippen LogP contribution is -2.41. The topological polar surface area (TPSA) is 53.0 Å². The number of carbonyl (C=O) groups excluding carboxylic acids is 2. The number of anilines is 1. The van der Waals surface area contributed by atoms with Gasteiger partial charge in [-0.3, -0.25) is 9.59 Å². The summed E-state index contributed by atoms with van der Waals surface area (Å²) in [5.74, 6) is -0.296. The van der Waals surface area contributed by atoms with Crippen LogP contribution in [0, 0.1) is 0 Å². The van der Waals surface area contributed by atoms with E-state index in [0.717, 1.165) is 0 Å². The quantitative estimate of drug-likeness (QED) is 0.757. The van der Waals surface area contributed by atoms with Gasteiger partial charge in [0.2, 0.25) is 5.91 Å². The fourth-order valence-electron chi connectivity index (χ4n) is 2.21. The molecule has 114 valence electrons. The van der Waals surface area contributed by atoms with Crippen molar-refractivity contribution >= 4 is 23.2 Å². The molecule has 0 aromatic heterocycles. The van der Waals surface area contributed by atoms with E-state index in [1.165, 1.54) is 5.01 Å². The highest BCUT2D eigenvalue weighted by Crippen LogP contribution is 2.20. The maximum Gasteiger partial charge on any atom is 0.270 e. The Kier molecular flexibility index (Phi) is 5.25. The molecule has 2 amide bonds. The molecule has 0 aliphatic carbocycles. The van der Waals surface area contributed by atoms with Gasteiger partial charge in [0.05, 0.1) is 5.69 Å². The fraction of sp³-hybridized carbons (Fsp3) is 0.235. The molecule has 1 aromatic rings. The molecular weight excluding hydrogens is 278 g/mol. The molecule has 1 heterocycles. The van der Waals surface area contributed by atoms with Crippen LogP contribution in [0.25, 0.3) is 0 Å². The molecule has 5 nitrogen and oxygen atoms in total. The Hall–Kier alpha value is -2.69. The lowest BCUT2D eigenvalue weighted by Gasteiger charge is -2.26. The molecule has 1 aliphatic rings. The molecule has 0 unspecified atom stereocenters. The Labute approximate surface area is 130 Å². The van der Waals surface area contributed by atoms with Gasteiger partial charge in [0.1, 0.15) is 5.71 Å². The smallest absolute Gasteiger partial charge is 0.270 e. The maximum atomic E-state index is 12.5. The zero-order valence-corrected chi connectivity index (χ0v) is 12.4. The molecule has 0 spiro atoms. The van der Waals surface area contributed by atoms with Crippen molar-refractivity contribution in [2.45, 2.75) is 12.8 Å². The van der Waals surface area contributed by atoms with E-state index in [4.69, 9.17) is 0 Å². The van der Waals surface area contributed by atoms with Gasteiger partial charge in [-0.05, 0) is 12.1 Å². The summed E-state index contributed by atoms with van der Waals surface area (Å²) in [6.07, 6.45) is 3.94. The van der Waals surface area contributed by atoms with Crippen LogP contribution in [-0.4, -0.2) is 35.5 Å². The molecule has 2 rings (SSSR count). The number of hydrogen-bond donors (Lipinski definition) is 0. The summed E-state index contributed by atoms with van der Waals surface area (Å²) >= 11 is 0. The molecule has 0 atom stereocenters. The molecule has 0 saturated heterocycles. The SMILES string of the molecule is C=CCN(CC=C)C(=O)C1=NN(c2ccccc2)C(=O)CC1. The minimum atomic E-state index is -0.187. The van der Waals surface area contributed by atoms with E-state index in [1.54, 1.807) is 29.2 Å². The van der Waals surface area contributed by atoms with Gasteiger partial charge in [-0.15, -0.1) is 13.2 Å². The van der Waals surface area contributed by atoms with Crippen molar-refractivity contribution in [3.05, 3.63) is 55.6 Å². The molecule has 0 N–H and O–H groups in total. The minimum absolute atomic E-state index is 0.109. The first-order chi connectivity index (χ1) is 10.7. The summed E-state index contributed by atoms with van der Waals surface area (Å²) in [5.41, 5.74) is 1.05. The number of amides is 2. The highest BCUT2D eigenvalue weighted by atomic mass is 16.2. The molecule has 22 heavy (non-hydrogen) atoms. The van der Waals surface area contributed by atoms with Crippen LogP contribution >= 0.6 is 0 Å². The van der Waals surface area contributed by atoms with E-state index in [1.807, 2.05) is 18.2 Å². The third-order valence-electron chi connectivity index (χ3n) is 3.27. The minimum Gasteiger partial charge on any atom is -0.330 e. The van der Waals surface area contributed by atoms with Crippen molar-refractivity contribution in [3.63, 3.8) is 0 Å². The third kappa shape index (κ3) is 3.49. The van der Waals surface area contributed by atoms with Crippen molar-refractivity contribution in [1.82, 2.24) is 4.90 Å². The highest BCUT2D eigenvalue weighted by Gasteiger charge is 2.27. The molecule has 1 aliphatic heterocycles. The van der Waals surface area contributed by atoms with Crippen LogP contribution in [0.4, 0.5) is 5.69 Å². The average Bonchev–Trinajstić information content (AvgIpc) is 2.55. The number of nitrogens with zero attached hydrogens (tertiary/aromatic N) is 3. The Morgan fingerprint density at radius 1 is 1.18 bits per heavy atom. The van der Waals surface area contributed by atoms with Crippen LogP contribution in [0.15, 0.2) is 60.7 Å². The van der Waals surface area contributed by atoms with Crippen LogP contribution in [0.1, 0.15) is 12.8 Å². The number of carbonyl (C=O) groups is 2. The van der Waals surface area contributed by atoms with Gasteiger partial charge in [0.25, 0.3) is 5.91 Å². The summed E-state index contributed by atoms with van der Waals surface area (Å²) in [6, 6.07) is 9.11. The summed E-state index contributed by atoms with van der Waals surface area (Å²) < 4.78 is 0. The van der Waals surface area contributed by atoms with Crippen molar-refractivity contribution in [3.8, 4) is 0 Å². The van der Waals surface area contributed by atoms with Crippen LogP contribution in [-0.2, 0) is 9.59 Å². The van der Waals surface area contributed by atoms with E-state index in [2.05, 4.69) is 18.3 Å². The summed E-state index contributed by atoms with van der Waals surface area (Å²) in [6.45, 7) is 8.14. The third-order valence-corrected chi connectivity index (χ3v) is 3.27. The first kappa shape index (κ1) is 15.7. The van der Waals surface area contributed by atoms with Gasteiger partial charge in [-0.2, -0.15) is 5.10 Å². The van der Waals surface area contributed by atoms with Gasteiger partial charge in [0.15, 0.2) is 0 Å². The summed E-state index contributed by atoms with van der Waals surface area (Å²) in [4.78, 5) is 26.2. The Bertz CT molecular complexity index is 598. The molecule has 0 fully saturated rings. The monoisotopic (exact) mass is 297 g/mol. The Balaban J connectivity index is 2.26. The van der Waals surface area contributed by atoms with Crippen molar-refractivity contribution < 1.29 is 9.59 Å². The van der Waals surface area contributed by atoms with Gasteiger partial charge in [-0.25, -0.2) is 5.01 Å². The van der Waals surface area contributed by atoms with E-state index in [0.29, 0.717) is 30.9 Å². The predicted octanol–water partition coefficient (Wildman–Crippen LogP) is 2.37. The molecule has 0 saturated carbocycles. The predicted molar refractivity (Wildman–Crippen MR) is 87.6 cm³/mol. The number of rotatable bonds is 6. The Morgan fingerprint density at radius 2 is 1.82 bits per heavy atom. The number of para-hydroxylation sites is 1. The largest absolute Gasteiger partial charge is 0.330 e. The van der Waals surface area contributed by atoms with Crippen LogP contribution in [0.2, 0.25) is 0 Å². The van der Waals surface area contributed by atoms with E-state index >= 15 is 0 Å². The Morgan fingerprint density at radius 3 is 2.41 bits per heavy atom. The van der Waals surface area contributed by atoms with Gasteiger partial charge in [0, 0.05) is 25.9 Å². The molecule has 1 aromatic carbocycles. The van der Waals surface area contributed by atoms with Crippen molar-refractivity contribution in [2.24, 2.45) is 5.10 Å². The molecular formula is C17H19N3O2. The lowest BCUT2D eigenvalue weighted by atomic mass is 10.1. The van der Waals surface area contributed by atoms with Gasteiger partial charge >= 0.3 is 0 Å². The van der Waals surface area contributed by atoms with Crippen molar-refractivity contribution in [1.29, 1.82) is 0 Å². The standard InChI is InChI=1S/C17H19N3O2/c1-3-12-19(13-4-2)17(22)15-10-11-16(21)20(18-15)14-8-6-5-7-9-14/h3-9H,1-2,10-13H2. The normalized spacial score (nSPS) is 14.3. The van der Waals surface area contributed by atoms with E-state index in [-0.39, 0.29) is 18.2 Å². The fourth-order valence-corrected chi connectivity index (χ4v) is 2.21. The molecule has 5 heteroatoms. The number of benzene rings is 1. The van der Waals surface area contributed by atoms with E-state index in [9.17, 15) is 9.59 Å². The van der Waals surface area contributed by atoms with Crippen molar-refractivity contribution in [2.75, 3.05) is 18.1 Å². The number of hydrogen-bond acceptors (Lipinski definition) is 3. The zero-order valence-electron chi connectivity index (χ0n) is 12.4. The van der Waals surface area contributed by atoms with E-state index < -0.39 is 0 Å². The van der Waals surface area contributed by atoms with Gasteiger partial charge in [-0.1, -0.05) is 30.4 Å². The first-order valence-electron chi connectivity index (χ1n) is 7.14. The molecule has 0 radical (unpaired) electrons. The van der Waals surface area contributed by atoms with Crippen LogP contribution < -0.4 is 5.01 Å². The molecule has 0 bridgehead atoms. The van der Waals surface area contributed by atoms with Crippen LogP contribution in [0.3, 0.4) is 0 Å². The maximum absolute atomic E-state index is 12.5. The van der Waals surface area contributed by atoms with Gasteiger partial charge < -0.3 is 4.90 Å².